The van der Waals surface area contributed by atoms with Crippen LogP contribution in [-0.2, 0) is 19.4 Å². The van der Waals surface area contributed by atoms with Crippen molar-refractivity contribution >= 4 is 5.97 Å². The quantitative estimate of drug-likeness (QED) is 0.796. The fourth-order valence-corrected chi connectivity index (χ4v) is 2.40. The van der Waals surface area contributed by atoms with Gasteiger partial charge in [0.2, 0.25) is 0 Å². The van der Waals surface area contributed by atoms with Gasteiger partial charge in [0.1, 0.15) is 5.69 Å². The predicted octanol–water partition coefficient (Wildman–Crippen LogP) is 1.26. The molecule has 92 valence electrons. The first kappa shape index (κ1) is 10.8. The van der Waals surface area contributed by atoms with Gasteiger partial charge in [0.15, 0.2) is 0 Å². The molecule has 3 rings (SSSR count). The summed E-state index contributed by atoms with van der Waals surface area (Å²) in [5.74, 6) is -0.947. The third-order valence-corrected chi connectivity index (χ3v) is 3.15. The number of carboxylic acid groups (broad SMARTS) is 1. The number of aryl methyl sites for hydroxylation is 1. The summed E-state index contributed by atoms with van der Waals surface area (Å²) < 4.78 is 1.49. The standard InChI is InChI=1S/C12H12N4O2/c1-2-5-16-11(12(17)18)7-3-4-9-8(6-13-14-9)10(7)15-16/h2,6H,1,3-5H2,(H,13,14)(H,17,18). The van der Waals surface area contributed by atoms with Gasteiger partial charge in [-0.3, -0.25) is 9.78 Å². The van der Waals surface area contributed by atoms with Crippen LogP contribution in [0.3, 0.4) is 0 Å². The van der Waals surface area contributed by atoms with Crippen molar-refractivity contribution in [2.45, 2.75) is 19.4 Å². The van der Waals surface area contributed by atoms with E-state index in [1.54, 1.807) is 12.3 Å². The molecule has 1 aliphatic carbocycles. The molecule has 18 heavy (non-hydrogen) atoms. The summed E-state index contributed by atoms with van der Waals surface area (Å²) in [5, 5.41) is 20.6. The molecule has 6 heteroatoms. The minimum Gasteiger partial charge on any atom is -0.477 e. The van der Waals surface area contributed by atoms with E-state index in [0.717, 1.165) is 28.9 Å². The van der Waals surface area contributed by atoms with Crippen LogP contribution in [0.4, 0.5) is 0 Å². The Labute approximate surface area is 103 Å². The van der Waals surface area contributed by atoms with Crippen molar-refractivity contribution in [3.8, 4) is 11.3 Å². The molecule has 6 nitrogen and oxygen atoms in total. The molecule has 0 bridgehead atoms. The molecule has 2 aromatic heterocycles. The van der Waals surface area contributed by atoms with Crippen molar-refractivity contribution in [1.82, 2.24) is 20.0 Å². The Morgan fingerprint density at radius 3 is 3.17 bits per heavy atom. The van der Waals surface area contributed by atoms with E-state index in [0.29, 0.717) is 13.0 Å². The molecule has 2 N–H and O–H groups in total. The summed E-state index contributed by atoms with van der Waals surface area (Å²) >= 11 is 0. The number of hydrogen-bond donors (Lipinski definition) is 2. The smallest absolute Gasteiger partial charge is 0.354 e. The second kappa shape index (κ2) is 3.83. The average molecular weight is 244 g/mol. The molecular formula is C12H12N4O2. The fourth-order valence-electron chi connectivity index (χ4n) is 2.40. The Morgan fingerprint density at radius 1 is 1.61 bits per heavy atom. The maximum atomic E-state index is 11.4. The molecule has 0 unspecified atom stereocenters. The summed E-state index contributed by atoms with van der Waals surface area (Å²) in [6.45, 7) is 4.02. The Kier molecular flexibility index (Phi) is 2.29. The number of fused-ring (bicyclic) bond motifs is 3. The third-order valence-electron chi connectivity index (χ3n) is 3.15. The number of nitrogens with one attached hydrogen (secondary N) is 1. The molecule has 0 spiro atoms. The topological polar surface area (TPSA) is 83.8 Å². The van der Waals surface area contributed by atoms with Crippen LogP contribution in [0.2, 0.25) is 0 Å². The highest BCUT2D eigenvalue weighted by Crippen LogP contribution is 2.33. The van der Waals surface area contributed by atoms with E-state index in [1.807, 2.05) is 0 Å². The van der Waals surface area contributed by atoms with Gasteiger partial charge >= 0.3 is 5.97 Å². The highest BCUT2D eigenvalue weighted by molar-refractivity contribution is 5.90. The van der Waals surface area contributed by atoms with E-state index in [1.165, 1.54) is 4.68 Å². The average Bonchev–Trinajstić information content (AvgIpc) is 2.90. The third kappa shape index (κ3) is 1.38. The number of nitrogens with zero attached hydrogens (tertiary/aromatic N) is 3. The van der Waals surface area contributed by atoms with Crippen LogP contribution < -0.4 is 0 Å². The second-order valence-electron chi connectivity index (χ2n) is 4.21. The molecule has 0 saturated carbocycles. The van der Waals surface area contributed by atoms with Gasteiger partial charge in [0, 0.05) is 16.8 Å². The Morgan fingerprint density at radius 2 is 2.44 bits per heavy atom. The number of carbonyl (C=O) groups is 1. The summed E-state index contributed by atoms with van der Waals surface area (Å²) in [4.78, 5) is 11.4. The summed E-state index contributed by atoms with van der Waals surface area (Å²) in [6.07, 6.45) is 4.77. The van der Waals surface area contributed by atoms with Crippen molar-refractivity contribution in [3.63, 3.8) is 0 Å². The SMILES string of the molecule is C=CCn1nc2c(c1C(=O)O)CCc1[nH]ncc1-2. The van der Waals surface area contributed by atoms with E-state index in [-0.39, 0.29) is 5.69 Å². The molecule has 0 amide bonds. The van der Waals surface area contributed by atoms with Gasteiger partial charge in [-0.25, -0.2) is 4.79 Å². The first-order valence-electron chi connectivity index (χ1n) is 5.69. The van der Waals surface area contributed by atoms with Crippen molar-refractivity contribution in [2.24, 2.45) is 0 Å². The van der Waals surface area contributed by atoms with Crippen LogP contribution in [0.25, 0.3) is 11.3 Å². The summed E-state index contributed by atoms with van der Waals surface area (Å²) in [7, 11) is 0. The Hall–Kier alpha value is -2.37. The van der Waals surface area contributed by atoms with Gasteiger partial charge < -0.3 is 5.11 Å². The van der Waals surface area contributed by atoms with Crippen molar-refractivity contribution in [2.75, 3.05) is 0 Å². The normalized spacial score (nSPS) is 12.9. The first-order valence-corrected chi connectivity index (χ1v) is 5.69. The number of allylic oxidation sites excluding steroid dienone is 1. The van der Waals surface area contributed by atoms with Gasteiger partial charge in [0.25, 0.3) is 0 Å². The van der Waals surface area contributed by atoms with Crippen LogP contribution in [-0.4, -0.2) is 31.1 Å². The molecule has 0 atom stereocenters. The van der Waals surface area contributed by atoms with Crippen LogP contribution in [0.1, 0.15) is 21.7 Å². The van der Waals surface area contributed by atoms with E-state index < -0.39 is 5.97 Å². The number of aromatic nitrogens is 4. The zero-order valence-corrected chi connectivity index (χ0v) is 9.68. The molecule has 0 aliphatic heterocycles. The monoisotopic (exact) mass is 244 g/mol. The predicted molar refractivity (Wildman–Crippen MR) is 64.4 cm³/mol. The number of rotatable bonds is 3. The molecule has 2 aromatic rings. The number of H-pyrrole nitrogens is 1. The molecule has 0 saturated heterocycles. The second-order valence-corrected chi connectivity index (χ2v) is 4.21. The molecule has 1 aliphatic rings. The maximum Gasteiger partial charge on any atom is 0.354 e. The van der Waals surface area contributed by atoms with Crippen LogP contribution >= 0.6 is 0 Å². The number of hydrogen-bond acceptors (Lipinski definition) is 3. The minimum atomic E-state index is -0.947. The lowest BCUT2D eigenvalue weighted by Crippen LogP contribution is -2.11. The highest BCUT2D eigenvalue weighted by Gasteiger charge is 2.28. The zero-order chi connectivity index (χ0) is 12.7. The molecule has 0 radical (unpaired) electrons. The van der Waals surface area contributed by atoms with E-state index in [2.05, 4.69) is 21.9 Å². The van der Waals surface area contributed by atoms with Gasteiger partial charge in [-0.15, -0.1) is 6.58 Å². The van der Waals surface area contributed by atoms with Crippen LogP contribution in [0, 0.1) is 0 Å². The Bertz CT molecular complexity index is 639. The highest BCUT2D eigenvalue weighted by atomic mass is 16.4. The lowest BCUT2D eigenvalue weighted by Gasteiger charge is -2.09. The molecule has 0 aromatic carbocycles. The number of aromatic carboxylic acids is 1. The van der Waals surface area contributed by atoms with Crippen LogP contribution in [0.5, 0.6) is 0 Å². The molecule has 0 fully saturated rings. The summed E-state index contributed by atoms with van der Waals surface area (Å²) in [6, 6.07) is 0. The lowest BCUT2D eigenvalue weighted by molar-refractivity contribution is 0.0683. The largest absolute Gasteiger partial charge is 0.477 e. The molecule has 2 heterocycles. The van der Waals surface area contributed by atoms with E-state index >= 15 is 0 Å². The number of aromatic amines is 1. The lowest BCUT2D eigenvalue weighted by atomic mass is 9.94. The van der Waals surface area contributed by atoms with Crippen molar-refractivity contribution < 1.29 is 9.90 Å². The van der Waals surface area contributed by atoms with E-state index in [9.17, 15) is 9.90 Å². The van der Waals surface area contributed by atoms with E-state index in [4.69, 9.17) is 0 Å². The van der Waals surface area contributed by atoms with Crippen molar-refractivity contribution in [1.29, 1.82) is 0 Å². The van der Waals surface area contributed by atoms with Gasteiger partial charge in [-0.05, 0) is 12.8 Å². The number of carboxylic acids is 1. The van der Waals surface area contributed by atoms with Gasteiger partial charge in [0.05, 0.1) is 18.4 Å². The van der Waals surface area contributed by atoms with Gasteiger partial charge in [-0.2, -0.15) is 10.2 Å². The zero-order valence-electron chi connectivity index (χ0n) is 9.68. The summed E-state index contributed by atoms with van der Waals surface area (Å²) in [5.41, 5.74) is 3.70. The fraction of sp³-hybridized carbons (Fsp3) is 0.250. The first-order chi connectivity index (χ1) is 8.72. The maximum absolute atomic E-state index is 11.4. The minimum absolute atomic E-state index is 0.261. The van der Waals surface area contributed by atoms with Crippen LogP contribution in [0.15, 0.2) is 18.9 Å². The van der Waals surface area contributed by atoms with Gasteiger partial charge in [-0.1, -0.05) is 6.08 Å². The Balaban J connectivity index is 2.23. The van der Waals surface area contributed by atoms with Crippen molar-refractivity contribution in [3.05, 3.63) is 35.8 Å². The molecular weight excluding hydrogens is 232 g/mol.